The zero-order chi connectivity index (χ0) is 14.0. The van der Waals surface area contributed by atoms with E-state index in [9.17, 15) is 9.90 Å². The highest BCUT2D eigenvalue weighted by atomic mass is 79.9. The van der Waals surface area contributed by atoms with Gasteiger partial charge in [0.05, 0.1) is 17.7 Å². The van der Waals surface area contributed by atoms with Crippen LogP contribution in [0.1, 0.15) is 36.0 Å². The van der Waals surface area contributed by atoms with E-state index < -0.39 is 6.10 Å². The van der Waals surface area contributed by atoms with Crippen LogP contribution in [0.5, 0.6) is 0 Å². The molecule has 104 valence electrons. The third kappa shape index (κ3) is 3.30. The van der Waals surface area contributed by atoms with Gasteiger partial charge in [-0.1, -0.05) is 24.4 Å². The van der Waals surface area contributed by atoms with E-state index in [-0.39, 0.29) is 11.9 Å². The molecule has 1 saturated carbocycles. The van der Waals surface area contributed by atoms with Crippen molar-refractivity contribution in [2.75, 3.05) is 7.05 Å². The Kier molecular flexibility index (Phi) is 4.87. The van der Waals surface area contributed by atoms with E-state index >= 15 is 0 Å². The molecule has 0 saturated heterocycles. The Labute approximate surface area is 126 Å². The number of aliphatic hydroxyl groups is 1. The van der Waals surface area contributed by atoms with Crippen LogP contribution in [0.3, 0.4) is 0 Å². The fourth-order valence-electron chi connectivity index (χ4n) is 2.55. The lowest BCUT2D eigenvalue weighted by atomic mass is 9.91. The number of likely N-dealkylation sites (N-methyl/N-ethyl adjacent to an activating group) is 1. The van der Waals surface area contributed by atoms with Crippen molar-refractivity contribution in [3.05, 3.63) is 33.3 Å². The number of carbonyl (C=O) groups excluding carboxylic acids is 1. The topological polar surface area (TPSA) is 40.5 Å². The molecule has 1 aliphatic carbocycles. The Morgan fingerprint density at radius 2 is 2.11 bits per heavy atom. The normalized spacial score (nSPS) is 23.2. The molecule has 1 amide bonds. The molecule has 1 aliphatic rings. The van der Waals surface area contributed by atoms with Crippen LogP contribution in [-0.4, -0.2) is 35.1 Å². The summed E-state index contributed by atoms with van der Waals surface area (Å²) in [6, 6.07) is 5.05. The SMILES string of the molecule is CN(C(=O)c1cc(Cl)ccc1Br)C1CCCCC1O. The van der Waals surface area contributed by atoms with Crippen LogP contribution in [0.4, 0.5) is 0 Å². The Hall–Kier alpha value is -0.580. The van der Waals surface area contributed by atoms with Crippen molar-refractivity contribution in [1.29, 1.82) is 0 Å². The predicted octanol–water partition coefficient (Wildman–Crippen LogP) is 3.48. The van der Waals surface area contributed by atoms with Gasteiger partial charge in [0.25, 0.3) is 5.91 Å². The van der Waals surface area contributed by atoms with Crippen molar-refractivity contribution >= 4 is 33.4 Å². The first kappa shape index (κ1) is 14.8. The van der Waals surface area contributed by atoms with Crippen LogP contribution >= 0.6 is 27.5 Å². The van der Waals surface area contributed by atoms with Gasteiger partial charge in [0.2, 0.25) is 0 Å². The Morgan fingerprint density at radius 3 is 2.79 bits per heavy atom. The van der Waals surface area contributed by atoms with Gasteiger partial charge in [-0.15, -0.1) is 0 Å². The summed E-state index contributed by atoms with van der Waals surface area (Å²) in [6.45, 7) is 0. The number of rotatable bonds is 2. The molecule has 0 bridgehead atoms. The van der Waals surface area contributed by atoms with Crippen LogP contribution < -0.4 is 0 Å². The molecular weight excluding hydrogens is 330 g/mol. The minimum atomic E-state index is -0.430. The number of halogens is 2. The average molecular weight is 347 g/mol. The van der Waals surface area contributed by atoms with Crippen LogP contribution in [0.2, 0.25) is 5.02 Å². The molecule has 0 spiro atoms. The molecule has 1 N–H and O–H groups in total. The van der Waals surface area contributed by atoms with E-state index in [1.807, 2.05) is 0 Å². The van der Waals surface area contributed by atoms with Crippen LogP contribution in [0.15, 0.2) is 22.7 Å². The molecule has 0 radical (unpaired) electrons. The lowest BCUT2D eigenvalue weighted by Gasteiger charge is -2.35. The van der Waals surface area contributed by atoms with Crippen molar-refractivity contribution in [2.24, 2.45) is 0 Å². The van der Waals surface area contributed by atoms with Gasteiger partial charge >= 0.3 is 0 Å². The summed E-state index contributed by atoms with van der Waals surface area (Å²) in [5.74, 6) is -0.111. The summed E-state index contributed by atoms with van der Waals surface area (Å²) >= 11 is 9.31. The van der Waals surface area contributed by atoms with Gasteiger partial charge < -0.3 is 10.0 Å². The molecule has 1 fully saturated rings. The zero-order valence-electron chi connectivity index (χ0n) is 10.8. The third-order valence-corrected chi connectivity index (χ3v) is 4.60. The molecular formula is C14H17BrClNO2. The van der Waals surface area contributed by atoms with E-state index in [0.29, 0.717) is 10.6 Å². The van der Waals surface area contributed by atoms with Crippen LogP contribution in [-0.2, 0) is 0 Å². The maximum atomic E-state index is 12.5. The van der Waals surface area contributed by atoms with E-state index in [2.05, 4.69) is 15.9 Å². The van der Waals surface area contributed by atoms with Crippen LogP contribution in [0, 0.1) is 0 Å². The molecule has 2 atom stereocenters. The van der Waals surface area contributed by atoms with Crippen molar-refractivity contribution in [3.8, 4) is 0 Å². The Balaban J connectivity index is 2.20. The number of benzene rings is 1. The average Bonchev–Trinajstić information content (AvgIpc) is 2.40. The lowest BCUT2D eigenvalue weighted by molar-refractivity contribution is 0.0267. The predicted molar refractivity (Wildman–Crippen MR) is 79.5 cm³/mol. The van der Waals surface area contributed by atoms with Gasteiger partial charge in [0.15, 0.2) is 0 Å². The van der Waals surface area contributed by atoms with E-state index in [0.717, 1.165) is 30.2 Å². The fraction of sp³-hybridized carbons (Fsp3) is 0.500. The molecule has 2 rings (SSSR count). The van der Waals surface area contributed by atoms with Gasteiger partial charge in [-0.2, -0.15) is 0 Å². The first-order chi connectivity index (χ1) is 9.00. The maximum Gasteiger partial charge on any atom is 0.255 e. The minimum Gasteiger partial charge on any atom is -0.391 e. The lowest BCUT2D eigenvalue weighted by Crippen LogP contribution is -2.46. The molecule has 0 heterocycles. The molecule has 19 heavy (non-hydrogen) atoms. The summed E-state index contributed by atoms with van der Waals surface area (Å²) in [7, 11) is 1.74. The highest BCUT2D eigenvalue weighted by Gasteiger charge is 2.30. The second-order valence-corrected chi connectivity index (χ2v) is 6.25. The van der Waals surface area contributed by atoms with Gasteiger partial charge in [-0.05, 0) is 47.0 Å². The summed E-state index contributed by atoms with van der Waals surface area (Å²) in [6.07, 6.45) is 3.26. The van der Waals surface area contributed by atoms with E-state index in [1.54, 1.807) is 30.1 Å². The maximum absolute atomic E-state index is 12.5. The molecule has 1 aromatic carbocycles. The standard InChI is InChI=1S/C14H17BrClNO2/c1-17(12-4-2-3-5-13(12)18)14(19)10-8-9(16)6-7-11(10)15/h6-8,12-13,18H,2-5H2,1H3. The molecule has 0 aliphatic heterocycles. The fourth-order valence-corrected chi connectivity index (χ4v) is 3.13. The number of hydrogen-bond donors (Lipinski definition) is 1. The second-order valence-electron chi connectivity index (χ2n) is 4.96. The molecule has 2 unspecified atom stereocenters. The first-order valence-electron chi connectivity index (χ1n) is 6.41. The smallest absolute Gasteiger partial charge is 0.255 e. The van der Waals surface area contributed by atoms with Crippen molar-refractivity contribution in [1.82, 2.24) is 4.90 Å². The first-order valence-corrected chi connectivity index (χ1v) is 7.58. The van der Waals surface area contributed by atoms with Crippen molar-refractivity contribution in [2.45, 2.75) is 37.8 Å². The van der Waals surface area contributed by atoms with Gasteiger partial charge in [0, 0.05) is 16.5 Å². The summed E-state index contributed by atoms with van der Waals surface area (Å²) in [5, 5.41) is 10.6. The van der Waals surface area contributed by atoms with Crippen molar-refractivity contribution < 1.29 is 9.90 Å². The van der Waals surface area contributed by atoms with Gasteiger partial charge in [-0.3, -0.25) is 4.79 Å². The van der Waals surface area contributed by atoms with Crippen LogP contribution in [0.25, 0.3) is 0 Å². The monoisotopic (exact) mass is 345 g/mol. The zero-order valence-corrected chi connectivity index (χ0v) is 13.1. The van der Waals surface area contributed by atoms with Crippen molar-refractivity contribution in [3.63, 3.8) is 0 Å². The summed E-state index contributed by atoms with van der Waals surface area (Å²) in [5.41, 5.74) is 0.535. The van der Waals surface area contributed by atoms with Gasteiger partial charge in [0.1, 0.15) is 0 Å². The second kappa shape index (κ2) is 6.25. The van der Waals surface area contributed by atoms with Gasteiger partial charge in [-0.25, -0.2) is 0 Å². The van der Waals surface area contributed by atoms with E-state index in [4.69, 9.17) is 11.6 Å². The summed E-state index contributed by atoms with van der Waals surface area (Å²) in [4.78, 5) is 14.1. The number of hydrogen-bond acceptors (Lipinski definition) is 2. The molecule has 5 heteroatoms. The Bertz CT molecular complexity index is 481. The number of carbonyl (C=O) groups is 1. The number of amides is 1. The quantitative estimate of drug-likeness (QED) is 0.890. The number of aliphatic hydroxyl groups excluding tert-OH is 1. The third-order valence-electron chi connectivity index (χ3n) is 3.67. The molecule has 3 nitrogen and oxygen atoms in total. The highest BCUT2D eigenvalue weighted by molar-refractivity contribution is 9.10. The largest absolute Gasteiger partial charge is 0.391 e. The highest BCUT2D eigenvalue weighted by Crippen LogP contribution is 2.27. The Morgan fingerprint density at radius 1 is 1.42 bits per heavy atom. The summed E-state index contributed by atoms with van der Waals surface area (Å²) < 4.78 is 0.721. The minimum absolute atomic E-state index is 0.105. The van der Waals surface area contributed by atoms with E-state index in [1.165, 1.54) is 0 Å². The molecule has 0 aromatic heterocycles. The molecule has 1 aromatic rings. The number of nitrogens with zero attached hydrogens (tertiary/aromatic N) is 1.